The summed E-state index contributed by atoms with van der Waals surface area (Å²) in [7, 11) is 0. The number of rotatable bonds is 9. The molecule has 5 nitrogen and oxygen atoms in total. The molecule has 3 aromatic rings. The van der Waals surface area contributed by atoms with Gasteiger partial charge in [-0.1, -0.05) is 49.4 Å². The van der Waals surface area contributed by atoms with Crippen molar-refractivity contribution in [2.45, 2.75) is 19.8 Å². The molecule has 0 aromatic heterocycles. The van der Waals surface area contributed by atoms with Crippen LogP contribution in [-0.4, -0.2) is 24.2 Å². The molecule has 0 saturated heterocycles. The highest BCUT2D eigenvalue weighted by molar-refractivity contribution is 7.80. The van der Waals surface area contributed by atoms with Crippen molar-refractivity contribution >= 4 is 28.9 Å². The summed E-state index contributed by atoms with van der Waals surface area (Å²) < 4.78 is 11.4. The Hall–Kier alpha value is -3.38. The van der Waals surface area contributed by atoms with Crippen molar-refractivity contribution in [3.63, 3.8) is 0 Å². The molecule has 1 amide bonds. The zero-order chi connectivity index (χ0) is 21.9. The third kappa shape index (κ3) is 7.42. The summed E-state index contributed by atoms with van der Waals surface area (Å²) in [6.45, 7) is 3.23. The molecule has 0 saturated carbocycles. The Balaban J connectivity index is 1.51. The number of benzene rings is 3. The molecule has 0 atom stereocenters. The van der Waals surface area contributed by atoms with E-state index in [1.165, 1.54) is 5.56 Å². The Morgan fingerprint density at radius 2 is 1.58 bits per heavy atom. The van der Waals surface area contributed by atoms with Crippen LogP contribution in [0.15, 0.2) is 78.9 Å². The zero-order valence-electron chi connectivity index (χ0n) is 17.5. The fourth-order valence-electron chi connectivity index (χ4n) is 2.88. The summed E-state index contributed by atoms with van der Waals surface area (Å²) >= 11 is 5.28. The van der Waals surface area contributed by atoms with Gasteiger partial charge in [0.2, 0.25) is 0 Å². The van der Waals surface area contributed by atoms with Gasteiger partial charge in [0.25, 0.3) is 5.91 Å². The fourth-order valence-corrected chi connectivity index (χ4v) is 3.09. The SMILES string of the molecule is CCCOc1cccc(NC(=S)NC(=O)c2cccc(OCCc3ccccc3)c2)c1. The first-order valence-corrected chi connectivity index (χ1v) is 10.7. The smallest absolute Gasteiger partial charge is 0.257 e. The Bertz CT molecular complexity index is 1010. The van der Waals surface area contributed by atoms with E-state index < -0.39 is 0 Å². The summed E-state index contributed by atoms with van der Waals surface area (Å²) in [6, 6.07) is 24.6. The second-order valence-electron chi connectivity index (χ2n) is 6.90. The molecule has 0 radical (unpaired) electrons. The summed E-state index contributed by atoms with van der Waals surface area (Å²) in [4.78, 5) is 12.6. The van der Waals surface area contributed by atoms with Crippen molar-refractivity contribution in [1.29, 1.82) is 0 Å². The molecule has 0 aliphatic rings. The van der Waals surface area contributed by atoms with E-state index in [0.29, 0.717) is 24.5 Å². The zero-order valence-corrected chi connectivity index (χ0v) is 18.3. The molecule has 2 N–H and O–H groups in total. The van der Waals surface area contributed by atoms with Crippen LogP contribution in [0.2, 0.25) is 0 Å². The number of carbonyl (C=O) groups is 1. The first-order chi connectivity index (χ1) is 15.1. The van der Waals surface area contributed by atoms with Crippen LogP contribution in [0.25, 0.3) is 0 Å². The van der Waals surface area contributed by atoms with Crippen LogP contribution in [0.5, 0.6) is 11.5 Å². The van der Waals surface area contributed by atoms with E-state index in [4.69, 9.17) is 21.7 Å². The lowest BCUT2D eigenvalue weighted by Gasteiger charge is -2.12. The van der Waals surface area contributed by atoms with Gasteiger partial charge >= 0.3 is 0 Å². The van der Waals surface area contributed by atoms with Crippen LogP contribution >= 0.6 is 12.2 Å². The minimum atomic E-state index is -0.301. The molecule has 0 fully saturated rings. The number of carbonyl (C=O) groups excluding carboxylic acids is 1. The van der Waals surface area contributed by atoms with Gasteiger partial charge in [-0.05, 0) is 54.5 Å². The molecule has 0 aliphatic heterocycles. The highest BCUT2D eigenvalue weighted by Crippen LogP contribution is 2.18. The van der Waals surface area contributed by atoms with Crippen LogP contribution in [0.4, 0.5) is 5.69 Å². The third-order valence-corrected chi connectivity index (χ3v) is 4.59. The first-order valence-electron chi connectivity index (χ1n) is 10.3. The van der Waals surface area contributed by atoms with E-state index >= 15 is 0 Å². The van der Waals surface area contributed by atoms with Crippen molar-refractivity contribution in [1.82, 2.24) is 5.32 Å². The van der Waals surface area contributed by atoms with Gasteiger partial charge in [-0.3, -0.25) is 10.1 Å². The third-order valence-electron chi connectivity index (χ3n) is 4.39. The number of ether oxygens (including phenoxy) is 2. The number of hydrogen-bond acceptors (Lipinski definition) is 4. The van der Waals surface area contributed by atoms with Crippen LogP contribution in [0, 0.1) is 0 Å². The lowest BCUT2D eigenvalue weighted by Crippen LogP contribution is -2.34. The molecule has 0 aliphatic carbocycles. The lowest BCUT2D eigenvalue weighted by atomic mass is 10.2. The maximum atomic E-state index is 12.6. The van der Waals surface area contributed by atoms with Gasteiger partial charge in [0.05, 0.1) is 13.2 Å². The maximum absolute atomic E-state index is 12.6. The highest BCUT2D eigenvalue weighted by Gasteiger charge is 2.10. The molecular formula is C25H26N2O3S. The number of amides is 1. The van der Waals surface area contributed by atoms with E-state index in [1.807, 2.05) is 48.5 Å². The quantitative estimate of drug-likeness (QED) is 0.452. The number of hydrogen-bond donors (Lipinski definition) is 2. The van der Waals surface area contributed by atoms with Gasteiger partial charge in [-0.25, -0.2) is 0 Å². The van der Waals surface area contributed by atoms with E-state index in [1.54, 1.807) is 18.2 Å². The van der Waals surface area contributed by atoms with Crippen LogP contribution in [0.3, 0.4) is 0 Å². The van der Waals surface area contributed by atoms with Gasteiger partial charge in [-0.2, -0.15) is 0 Å². The van der Waals surface area contributed by atoms with E-state index in [9.17, 15) is 4.79 Å². The normalized spacial score (nSPS) is 10.2. The molecular weight excluding hydrogens is 408 g/mol. The van der Waals surface area contributed by atoms with Crippen LogP contribution in [0.1, 0.15) is 29.3 Å². The van der Waals surface area contributed by atoms with Crippen LogP contribution in [-0.2, 0) is 6.42 Å². The van der Waals surface area contributed by atoms with E-state index in [0.717, 1.165) is 24.3 Å². The summed E-state index contributed by atoms with van der Waals surface area (Å²) in [5, 5.41) is 5.93. The second kappa shape index (κ2) is 11.7. The number of thiocarbonyl (C=S) groups is 1. The fraction of sp³-hybridized carbons (Fsp3) is 0.200. The summed E-state index contributed by atoms with van der Waals surface area (Å²) in [5.74, 6) is 1.09. The number of nitrogens with one attached hydrogen (secondary N) is 2. The van der Waals surface area contributed by atoms with Gasteiger partial charge < -0.3 is 14.8 Å². The van der Waals surface area contributed by atoms with E-state index in [-0.39, 0.29) is 11.0 Å². The van der Waals surface area contributed by atoms with Gasteiger partial charge in [-0.15, -0.1) is 0 Å². The molecule has 3 rings (SSSR count). The topological polar surface area (TPSA) is 59.6 Å². The Morgan fingerprint density at radius 3 is 2.35 bits per heavy atom. The Kier molecular flexibility index (Phi) is 8.43. The molecule has 6 heteroatoms. The monoisotopic (exact) mass is 434 g/mol. The molecule has 0 spiro atoms. The molecule has 0 bridgehead atoms. The van der Waals surface area contributed by atoms with Crippen molar-refractivity contribution in [3.8, 4) is 11.5 Å². The largest absolute Gasteiger partial charge is 0.494 e. The summed E-state index contributed by atoms with van der Waals surface area (Å²) in [5.41, 5.74) is 2.43. The molecule has 31 heavy (non-hydrogen) atoms. The lowest BCUT2D eigenvalue weighted by molar-refractivity contribution is 0.0977. The molecule has 160 valence electrons. The van der Waals surface area contributed by atoms with Crippen molar-refractivity contribution < 1.29 is 14.3 Å². The maximum Gasteiger partial charge on any atom is 0.257 e. The van der Waals surface area contributed by atoms with Gasteiger partial charge in [0, 0.05) is 23.7 Å². The average molecular weight is 435 g/mol. The molecule has 3 aromatic carbocycles. The van der Waals surface area contributed by atoms with E-state index in [2.05, 4.69) is 29.7 Å². The molecule has 0 unspecified atom stereocenters. The average Bonchev–Trinajstić information content (AvgIpc) is 2.79. The minimum Gasteiger partial charge on any atom is -0.494 e. The highest BCUT2D eigenvalue weighted by atomic mass is 32.1. The Labute approximate surface area is 188 Å². The van der Waals surface area contributed by atoms with Crippen LogP contribution < -0.4 is 20.1 Å². The summed E-state index contributed by atoms with van der Waals surface area (Å²) in [6.07, 6.45) is 1.73. The predicted octanol–water partition coefficient (Wildman–Crippen LogP) is 5.22. The van der Waals surface area contributed by atoms with Crippen molar-refractivity contribution in [3.05, 3.63) is 90.0 Å². The second-order valence-corrected chi connectivity index (χ2v) is 7.30. The Morgan fingerprint density at radius 1 is 0.871 bits per heavy atom. The molecule has 0 heterocycles. The standard InChI is InChI=1S/C25H26N2O3S/c1-2-15-29-23-13-7-11-21(18-23)26-25(31)27-24(28)20-10-6-12-22(17-20)30-16-14-19-8-4-3-5-9-19/h3-13,17-18H,2,14-16H2,1H3,(H2,26,27,28,31). The first kappa shape index (κ1) is 22.3. The van der Waals surface area contributed by atoms with Crippen molar-refractivity contribution in [2.24, 2.45) is 0 Å². The van der Waals surface area contributed by atoms with Gasteiger partial charge in [0.1, 0.15) is 11.5 Å². The van der Waals surface area contributed by atoms with Gasteiger partial charge in [0.15, 0.2) is 5.11 Å². The predicted molar refractivity (Wildman–Crippen MR) is 128 cm³/mol. The van der Waals surface area contributed by atoms with Crippen molar-refractivity contribution in [2.75, 3.05) is 18.5 Å². The minimum absolute atomic E-state index is 0.216. The number of anilines is 1.